The summed E-state index contributed by atoms with van der Waals surface area (Å²) in [7, 11) is -3.77. The lowest BCUT2D eigenvalue weighted by molar-refractivity contribution is -0.120. The Bertz CT molecular complexity index is 1000. The Hall–Kier alpha value is -2.22. The number of rotatable bonds is 7. The van der Waals surface area contributed by atoms with E-state index >= 15 is 0 Å². The molecule has 0 unspecified atom stereocenters. The number of fused-ring (bicyclic) bond motifs is 1. The van der Waals surface area contributed by atoms with Crippen LogP contribution >= 0.6 is 0 Å². The highest BCUT2D eigenvalue weighted by Gasteiger charge is 2.40. The molecular weight excluding hydrogens is 388 g/mol. The smallest absolute Gasteiger partial charge is 0.243 e. The van der Waals surface area contributed by atoms with Crippen molar-refractivity contribution in [2.24, 2.45) is 5.92 Å². The van der Waals surface area contributed by atoms with Crippen LogP contribution in [0.5, 0.6) is 0 Å². The molecule has 1 aliphatic carbocycles. The second-order valence-electron chi connectivity index (χ2n) is 7.87. The van der Waals surface area contributed by atoms with Crippen LogP contribution in [0.15, 0.2) is 53.4 Å². The fraction of sp³-hybridized carbons (Fsp3) is 0.409. The average Bonchev–Trinajstić information content (AvgIpc) is 3.50. The molecule has 1 aliphatic heterocycles. The minimum atomic E-state index is -3.77. The molecule has 4 rings (SSSR count). The molecule has 154 valence electrons. The molecule has 2 aromatic carbocycles. The molecule has 2 aromatic rings. The first-order valence-corrected chi connectivity index (χ1v) is 11.5. The molecule has 1 N–H and O–H groups in total. The van der Waals surface area contributed by atoms with Crippen LogP contribution in [0.2, 0.25) is 0 Å². The zero-order valence-electron chi connectivity index (χ0n) is 16.5. The Morgan fingerprint density at radius 3 is 2.55 bits per heavy atom. The van der Waals surface area contributed by atoms with Crippen LogP contribution in [0.3, 0.4) is 0 Å². The maximum atomic E-state index is 13.3. The Balaban J connectivity index is 1.63. The fourth-order valence-electron chi connectivity index (χ4n) is 3.96. The van der Waals surface area contributed by atoms with Crippen LogP contribution in [0, 0.1) is 5.92 Å². The molecule has 2 aliphatic rings. The van der Waals surface area contributed by atoms with E-state index in [0.29, 0.717) is 6.42 Å². The number of aliphatic hydroxyl groups excluding tert-OH is 1. The maximum Gasteiger partial charge on any atom is 0.243 e. The molecule has 0 spiro atoms. The van der Waals surface area contributed by atoms with Gasteiger partial charge in [0.15, 0.2) is 0 Å². The van der Waals surface area contributed by atoms with Gasteiger partial charge in [0.05, 0.1) is 11.5 Å². The SMILES string of the molecule is C[C@H]1Cc2cc(S(=O)(=O)N(CCO)Cc3ccccc3)ccc2N1C(=O)C1CC1. The third-order valence-electron chi connectivity index (χ3n) is 5.62. The second kappa shape index (κ2) is 7.89. The lowest BCUT2D eigenvalue weighted by Crippen LogP contribution is -2.36. The summed E-state index contributed by atoms with van der Waals surface area (Å²) in [4.78, 5) is 14.7. The van der Waals surface area contributed by atoms with Gasteiger partial charge in [-0.25, -0.2) is 8.42 Å². The first-order chi connectivity index (χ1) is 13.9. The van der Waals surface area contributed by atoms with Crippen molar-refractivity contribution < 1.29 is 18.3 Å². The van der Waals surface area contributed by atoms with Crippen LogP contribution in [0.4, 0.5) is 5.69 Å². The summed E-state index contributed by atoms with van der Waals surface area (Å²) in [6.45, 7) is 1.97. The molecule has 7 heteroatoms. The Kier molecular flexibility index (Phi) is 5.46. The summed E-state index contributed by atoms with van der Waals surface area (Å²) in [6.07, 6.45) is 2.54. The number of carbonyl (C=O) groups excluding carboxylic acids is 1. The van der Waals surface area contributed by atoms with Gasteiger partial charge < -0.3 is 10.0 Å². The van der Waals surface area contributed by atoms with Crippen molar-refractivity contribution in [2.75, 3.05) is 18.1 Å². The Labute approximate surface area is 171 Å². The van der Waals surface area contributed by atoms with E-state index in [-0.39, 0.29) is 42.5 Å². The molecule has 1 amide bonds. The number of sulfonamides is 1. The number of anilines is 1. The van der Waals surface area contributed by atoms with E-state index in [0.717, 1.165) is 29.7 Å². The van der Waals surface area contributed by atoms with Crippen LogP contribution in [-0.4, -0.2) is 42.9 Å². The lowest BCUT2D eigenvalue weighted by Gasteiger charge is -2.23. The first kappa shape index (κ1) is 20.1. The number of benzene rings is 2. The number of amides is 1. The second-order valence-corrected chi connectivity index (χ2v) is 9.81. The van der Waals surface area contributed by atoms with E-state index in [4.69, 9.17) is 0 Å². The van der Waals surface area contributed by atoms with Gasteiger partial charge in [-0.3, -0.25) is 4.79 Å². The van der Waals surface area contributed by atoms with Gasteiger partial charge >= 0.3 is 0 Å². The van der Waals surface area contributed by atoms with Crippen molar-refractivity contribution >= 4 is 21.6 Å². The van der Waals surface area contributed by atoms with E-state index in [1.54, 1.807) is 18.2 Å². The third kappa shape index (κ3) is 3.95. The van der Waals surface area contributed by atoms with Crippen LogP contribution in [-0.2, 0) is 27.8 Å². The van der Waals surface area contributed by atoms with Gasteiger partial charge in [0.25, 0.3) is 0 Å². The van der Waals surface area contributed by atoms with E-state index in [9.17, 15) is 18.3 Å². The Morgan fingerprint density at radius 1 is 1.17 bits per heavy atom. The highest BCUT2D eigenvalue weighted by Crippen LogP contribution is 2.39. The predicted molar refractivity (Wildman–Crippen MR) is 111 cm³/mol. The topological polar surface area (TPSA) is 77.9 Å². The molecule has 6 nitrogen and oxygen atoms in total. The molecule has 0 aromatic heterocycles. The fourth-order valence-corrected chi connectivity index (χ4v) is 5.43. The highest BCUT2D eigenvalue weighted by molar-refractivity contribution is 7.89. The lowest BCUT2D eigenvalue weighted by atomic mass is 10.1. The Morgan fingerprint density at radius 2 is 1.90 bits per heavy atom. The van der Waals surface area contributed by atoms with Crippen molar-refractivity contribution in [3.05, 3.63) is 59.7 Å². The number of aliphatic hydroxyl groups is 1. The summed E-state index contributed by atoms with van der Waals surface area (Å²) in [5.41, 5.74) is 2.57. The van der Waals surface area contributed by atoms with Crippen molar-refractivity contribution in [2.45, 2.75) is 43.7 Å². The van der Waals surface area contributed by atoms with Gasteiger partial charge in [-0.15, -0.1) is 0 Å². The zero-order chi connectivity index (χ0) is 20.6. The largest absolute Gasteiger partial charge is 0.395 e. The number of nitrogens with zero attached hydrogens (tertiary/aromatic N) is 2. The van der Waals surface area contributed by atoms with Crippen molar-refractivity contribution in [1.82, 2.24) is 4.31 Å². The van der Waals surface area contributed by atoms with Crippen LogP contribution < -0.4 is 4.90 Å². The predicted octanol–water partition coefficient (Wildman–Crippen LogP) is 2.56. The summed E-state index contributed by atoms with van der Waals surface area (Å²) in [5, 5.41) is 9.42. The molecule has 0 radical (unpaired) electrons. The van der Waals surface area contributed by atoms with Crippen molar-refractivity contribution in [1.29, 1.82) is 0 Å². The molecule has 1 heterocycles. The first-order valence-electron chi connectivity index (χ1n) is 10.0. The average molecular weight is 415 g/mol. The summed E-state index contributed by atoms with van der Waals surface area (Å²) >= 11 is 0. The monoisotopic (exact) mass is 414 g/mol. The van der Waals surface area contributed by atoms with Gasteiger partial charge in [-0.05, 0) is 55.5 Å². The number of hydrogen-bond acceptors (Lipinski definition) is 4. The molecule has 29 heavy (non-hydrogen) atoms. The van der Waals surface area contributed by atoms with E-state index in [1.165, 1.54) is 4.31 Å². The van der Waals surface area contributed by atoms with E-state index in [2.05, 4.69) is 0 Å². The highest BCUT2D eigenvalue weighted by atomic mass is 32.2. The standard InChI is InChI=1S/C22H26N2O4S/c1-16-13-19-14-20(9-10-21(19)24(16)22(26)18-7-8-18)29(27,28)23(11-12-25)15-17-5-3-2-4-6-17/h2-6,9-10,14,16,18,25H,7-8,11-13,15H2,1H3/t16-/m0/s1. The zero-order valence-corrected chi connectivity index (χ0v) is 17.3. The van der Waals surface area contributed by atoms with Gasteiger partial charge in [0.2, 0.25) is 15.9 Å². The van der Waals surface area contributed by atoms with Gasteiger partial charge in [0, 0.05) is 30.7 Å². The summed E-state index contributed by atoms with van der Waals surface area (Å²) in [5.74, 6) is 0.274. The molecular formula is C22H26N2O4S. The maximum absolute atomic E-state index is 13.3. The minimum Gasteiger partial charge on any atom is -0.395 e. The summed E-state index contributed by atoms with van der Waals surface area (Å²) < 4.78 is 27.9. The van der Waals surface area contributed by atoms with Gasteiger partial charge in [-0.2, -0.15) is 4.31 Å². The quantitative estimate of drug-likeness (QED) is 0.755. The third-order valence-corrected chi connectivity index (χ3v) is 7.46. The minimum absolute atomic E-state index is 0.0248. The van der Waals surface area contributed by atoms with Gasteiger partial charge in [-0.1, -0.05) is 30.3 Å². The van der Waals surface area contributed by atoms with Crippen LogP contribution in [0.25, 0.3) is 0 Å². The molecule has 1 atom stereocenters. The molecule has 0 saturated heterocycles. The normalized spacial score (nSPS) is 18.9. The van der Waals surface area contributed by atoms with Gasteiger partial charge in [0.1, 0.15) is 0 Å². The van der Waals surface area contributed by atoms with Crippen molar-refractivity contribution in [3.63, 3.8) is 0 Å². The van der Waals surface area contributed by atoms with E-state index in [1.807, 2.05) is 42.2 Å². The van der Waals surface area contributed by atoms with E-state index < -0.39 is 10.0 Å². The molecule has 1 saturated carbocycles. The van der Waals surface area contributed by atoms with Crippen molar-refractivity contribution in [3.8, 4) is 0 Å². The number of hydrogen-bond donors (Lipinski definition) is 1. The summed E-state index contributed by atoms with van der Waals surface area (Å²) in [6, 6.07) is 14.4. The molecule has 1 fully saturated rings. The number of carbonyl (C=O) groups is 1. The van der Waals surface area contributed by atoms with Crippen LogP contribution in [0.1, 0.15) is 30.9 Å². The molecule has 0 bridgehead atoms.